The highest BCUT2D eigenvalue weighted by atomic mass is 16.5. The van der Waals surface area contributed by atoms with Gasteiger partial charge in [-0.1, -0.05) is 5.16 Å². The van der Waals surface area contributed by atoms with Crippen molar-refractivity contribution >= 4 is 17.8 Å². The van der Waals surface area contributed by atoms with Crippen molar-refractivity contribution in [1.82, 2.24) is 10.5 Å². The van der Waals surface area contributed by atoms with Crippen molar-refractivity contribution in [3.8, 4) is 0 Å². The summed E-state index contributed by atoms with van der Waals surface area (Å²) in [7, 11) is 0. The first-order chi connectivity index (χ1) is 8.81. The number of carboxylic acid groups (broad SMARTS) is 1. The number of aromatic nitrogens is 1. The maximum atomic E-state index is 11.7. The van der Waals surface area contributed by atoms with Gasteiger partial charge in [0.05, 0.1) is 18.5 Å². The Hall–Kier alpha value is -2.38. The average molecular weight is 269 g/mol. The number of hydrogen-bond donors (Lipinski definition) is 3. The van der Waals surface area contributed by atoms with Crippen LogP contribution in [-0.2, 0) is 20.8 Å². The van der Waals surface area contributed by atoms with Crippen molar-refractivity contribution in [2.75, 3.05) is 0 Å². The third-order valence-corrected chi connectivity index (χ3v) is 2.56. The summed E-state index contributed by atoms with van der Waals surface area (Å²) < 4.78 is 4.89. The number of rotatable bonds is 6. The minimum atomic E-state index is -1.33. The third-order valence-electron chi connectivity index (χ3n) is 2.56. The maximum Gasteiger partial charge on any atom is 0.326 e. The normalized spacial score (nSPS) is 11.9. The number of nitrogens with one attached hydrogen (secondary N) is 1. The third kappa shape index (κ3) is 4.09. The van der Waals surface area contributed by atoms with Crippen LogP contribution >= 0.6 is 0 Å². The molecule has 0 aliphatic carbocycles. The zero-order chi connectivity index (χ0) is 14.6. The Morgan fingerprint density at radius 1 is 1.42 bits per heavy atom. The van der Waals surface area contributed by atoms with Crippen LogP contribution in [0.3, 0.4) is 0 Å². The van der Waals surface area contributed by atoms with Gasteiger partial charge in [0.1, 0.15) is 11.8 Å². The zero-order valence-electron chi connectivity index (χ0n) is 10.6. The predicted octanol–water partition coefficient (Wildman–Crippen LogP) is -0.721. The Labute approximate surface area is 108 Å². The van der Waals surface area contributed by atoms with Crippen molar-refractivity contribution in [2.24, 2.45) is 5.73 Å². The highest BCUT2D eigenvalue weighted by Gasteiger charge is 2.23. The summed E-state index contributed by atoms with van der Waals surface area (Å²) in [4.78, 5) is 33.3. The Morgan fingerprint density at radius 3 is 2.47 bits per heavy atom. The van der Waals surface area contributed by atoms with E-state index >= 15 is 0 Å². The van der Waals surface area contributed by atoms with E-state index in [1.165, 1.54) is 0 Å². The van der Waals surface area contributed by atoms with Gasteiger partial charge in [0.15, 0.2) is 0 Å². The van der Waals surface area contributed by atoms with Gasteiger partial charge in [-0.3, -0.25) is 9.59 Å². The van der Waals surface area contributed by atoms with E-state index in [4.69, 9.17) is 15.4 Å². The fourth-order valence-corrected chi connectivity index (χ4v) is 1.56. The van der Waals surface area contributed by atoms with E-state index in [1.54, 1.807) is 13.8 Å². The largest absolute Gasteiger partial charge is 0.480 e. The molecule has 0 aliphatic rings. The van der Waals surface area contributed by atoms with Crippen LogP contribution < -0.4 is 11.1 Å². The number of hydrogen-bond acceptors (Lipinski definition) is 5. The topological polar surface area (TPSA) is 136 Å². The molecule has 104 valence electrons. The fraction of sp³-hybridized carbons (Fsp3) is 0.455. The molecular weight excluding hydrogens is 254 g/mol. The van der Waals surface area contributed by atoms with E-state index in [1.807, 2.05) is 0 Å². The van der Waals surface area contributed by atoms with Crippen LogP contribution in [0.15, 0.2) is 4.52 Å². The van der Waals surface area contributed by atoms with Gasteiger partial charge in [-0.15, -0.1) is 0 Å². The summed E-state index contributed by atoms with van der Waals surface area (Å²) in [5, 5.41) is 14.8. The molecule has 0 saturated heterocycles. The van der Waals surface area contributed by atoms with Crippen molar-refractivity contribution in [2.45, 2.75) is 32.7 Å². The molecule has 8 heteroatoms. The lowest BCUT2D eigenvalue weighted by Crippen LogP contribution is -2.44. The Kier molecular flexibility index (Phi) is 4.62. The van der Waals surface area contributed by atoms with E-state index in [-0.39, 0.29) is 6.42 Å². The molecule has 4 N–H and O–H groups in total. The summed E-state index contributed by atoms with van der Waals surface area (Å²) in [6.07, 6.45) is -0.521. The summed E-state index contributed by atoms with van der Waals surface area (Å²) >= 11 is 0. The van der Waals surface area contributed by atoms with Crippen LogP contribution in [0.5, 0.6) is 0 Å². The molecule has 0 aliphatic heterocycles. The molecule has 19 heavy (non-hydrogen) atoms. The summed E-state index contributed by atoms with van der Waals surface area (Å²) in [6, 6.07) is -1.33. The number of primary amides is 1. The van der Waals surface area contributed by atoms with E-state index < -0.39 is 30.2 Å². The van der Waals surface area contributed by atoms with Crippen LogP contribution in [0.4, 0.5) is 0 Å². The molecule has 0 saturated carbocycles. The molecule has 0 aromatic carbocycles. The molecular formula is C11H15N3O5. The number of carboxylic acids is 1. The first-order valence-corrected chi connectivity index (χ1v) is 5.53. The molecule has 1 rings (SSSR count). The SMILES string of the molecule is Cc1noc(C)c1CC(=O)N[C@H](CC(N)=O)C(=O)O. The van der Waals surface area contributed by atoms with Crippen LogP contribution in [-0.4, -0.2) is 34.1 Å². The summed E-state index contributed by atoms with van der Waals surface area (Å²) in [5.41, 5.74) is 6.07. The molecule has 0 unspecified atom stereocenters. The van der Waals surface area contributed by atoms with Crippen LogP contribution in [0.2, 0.25) is 0 Å². The van der Waals surface area contributed by atoms with Gasteiger partial charge in [-0.25, -0.2) is 4.79 Å². The highest BCUT2D eigenvalue weighted by Crippen LogP contribution is 2.12. The molecule has 0 radical (unpaired) electrons. The Bertz CT molecular complexity index is 489. The predicted molar refractivity (Wildman–Crippen MR) is 63.1 cm³/mol. The number of amides is 2. The van der Waals surface area contributed by atoms with Crippen molar-refractivity contribution in [3.05, 3.63) is 17.0 Å². The lowest BCUT2D eigenvalue weighted by atomic mass is 10.1. The monoisotopic (exact) mass is 269 g/mol. The number of aryl methyl sites for hydroxylation is 2. The number of carbonyl (C=O) groups is 3. The minimum absolute atomic E-state index is 0.0658. The molecule has 0 spiro atoms. The summed E-state index contributed by atoms with van der Waals surface area (Å²) in [5.74, 6) is -2.16. The second kappa shape index (κ2) is 5.98. The lowest BCUT2D eigenvalue weighted by Gasteiger charge is -2.12. The van der Waals surface area contributed by atoms with E-state index in [0.29, 0.717) is 17.0 Å². The molecule has 1 atom stereocenters. The average Bonchev–Trinajstić information content (AvgIpc) is 2.59. The van der Waals surface area contributed by atoms with E-state index in [0.717, 1.165) is 0 Å². The fourth-order valence-electron chi connectivity index (χ4n) is 1.56. The molecule has 8 nitrogen and oxygen atoms in total. The number of aliphatic carboxylic acids is 1. The van der Waals surface area contributed by atoms with Crippen molar-refractivity contribution in [1.29, 1.82) is 0 Å². The van der Waals surface area contributed by atoms with Gasteiger partial charge in [0.25, 0.3) is 0 Å². The first-order valence-electron chi connectivity index (χ1n) is 5.53. The second-order valence-electron chi connectivity index (χ2n) is 4.11. The van der Waals surface area contributed by atoms with Gasteiger partial charge < -0.3 is 20.7 Å². The molecule has 0 bridgehead atoms. The quantitative estimate of drug-likeness (QED) is 0.623. The molecule has 2 amide bonds. The van der Waals surface area contributed by atoms with Gasteiger partial charge in [0, 0.05) is 5.56 Å². The second-order valence-corrected chi connectivity index (χ2v) is 4.11. The van der Waals surface area contributed by atoms with Crippen molar-refractivity contribution < 1.29 is 24.0 Å². The van der Waals surface area contributed by atoms with E-state index in [9.17, 15) is 14.4 Å². The zero-order valence-corrected chi connectivity index (χ0v) is 10.6. The van der Waals surface area contributed by atoms with Crippen LogP contribution in [0.1, 0.15) is 23.4 Å². The number of carbonyl (C=O) groups excluding carboxylic acids is 2. The first kappa shape index (κ1) is 14.7. The van der Waals surface area contributed by atoms with Crippen LogP contribution in [0, 0.1) is 13.8 Å². The van der Waals surface area contributed by atoms with Gasteiger partial charge in [-0.2, -0.15) is 0 Å². The number of nitrogens with zero attached hydrogens (tertiary/aromatic N) is 1. The van der Waals surface area contributed by atoms with E-state index in [2.05, 4.69) is 10.5 Å². The van der Waals surface area contributed by atoms with Crippen molar-refractivity contribution in [3.63, 3.8) is 0 Å². The van der Waals surface area contributed by atoms with Gasteiger partial charge in [-0.05, 0) is 13.8 Å². The van der Waals surface area contributed by atoms with Gasteiger partial charge in [0.2, 0.25) is 11.8 Å². The maximum absolute atomic E-state index is 11.7. The molecule has 1 aromatic heterocycles. The Balaban J connectivity index is 2.68. The smallest absolute Gasteiger partial charge is 0.326 e. The number of nitrogens with two attached hydrogens (primary N) is 1. The summed E-state index contributed by atoms with van der Waals surface area (Å²) in [6.45, 7) is 3.33. The molecule has 1 heterocycles. The highest BCUT2D eigenvalue weighted by molar-refractivity contribution is 5.88. The molecule has 0 fully saturated rings. The minimum Gasteiger partial charge on any atom is -0.480 e. The lowest BCUT2D eigenvalue weighted by molar-refractivity contribution is -0.143. The Morgan fingerprint density at radius 2 is 2.05 bits per heavy atom. The molecule has 1 aromatic rings. The van der Waals surface area contributed by atoms with Gasteiger partial charge >= 0.3 is 5.97 Å². The standard InChI is InChI=1S/C11H15N3O5/c1-5-7(6(2)19-14-5)3-10(16)13-8(11(17)18)4-9(12)15/h8H,3-4H2,1-2H3,(H2,12,15)(H,13,16)(H,17,18)/t8-/m1/s1. The van der Waals surface area contributed by atoms with Crippen LogP contribution in [0.25, 0.3) is 0 Å².